The molecule has 0 spiro atoms. The van der Waals surface area contributed by atoms with Crippen LogP contribution in [0.15, 0.2) is 54.0 Å². The Balaban J connectivity index is 1.57. The summed E-state index contributed by atoms with van der Waals surface area (Å²) < 4.78 is 1.51. The number of aryl methyl sites for hydroxylation is 1. The Morgan fingerprint density at radius 2 is 1.71 bits per heavy atom. The molecule has 1 aromatic carbocycles. The Labute approximate surface area is 301 Å². The molecule has 4 aromatic rings. The number of pyridine rings is 1. The van der Waals surface area contributed by atoms with Crippen LogP contribution in [0.2, 0.25) is 0 Å². The average Bonchev–Trinajstić information content (AvgIpc) is 3.73. The highest BCUT2D eigenvalue weighted by Gasteiger charge is 2.31. The molecule has 4 heterocycles. The van der Waals surface area contributed by atoms with Gasteiger partial charge >= 0.3 is 0 Å². The summed E-state index contributed by atoms with van der Waals surface area (Å²) in [5, 5.41) is 19.0. The van der Waals surface area contributed by atoms with Crippen molar-refractivity contribution in [3.8, 4) is 0 Å². The molecule has 270 valence electrons. The quantitative estimate of drug-likeness (QED) is 0.223. The Morgan fingerprint density at radius 1 is 0.961 bits per heavy atom. The molecule has 0 unspecified atom stereocenters. The molecule has 4 N–H and O–H groups in total. The van der Waals surface area contributed by atoms with E-state index >= 15 is 0 Å². The molecule has 2 bridgehead atoms. The van der Waals surface area contributed by atoms with Crippen molar-refractivity contribution in [2.24, 2.45) is 11.8 Å². The van der Waals surface area contributed by atoms with Crippen LogP contribution in [0, 0.1) is 18.8 Å². The van der Waals surface area contributed by atoms with Crippen LogP contribution in [0.1, 0.15) is 89.3 Å². The van der Waals surface area contributed by atoms with E-state index in [1.807, 2.05) is 58.0 Å². The SMILES string of the molecule is CNc1ncccc1C(=O)N1CC(=O)N[C@@H](CC(C)C)c2nc(cs2)C(=O)N[C@@H](Cc2ccccc2)c2nc(C)nn2CC(=O)N[C@@H](C(C)C)C1. The molecule has 0 radical (unpaired) electrons. The van der Waals surface area contributed by atoms with Crippen molar-refractivity contribution in [2.45, 2.75) is 72.1 Å². The number of nitrogens with zero attached hydrogens (tertiary/aromatic N) is 6. The largest absolute Gasteiger partial charge is 0.372 e. The molecule has 14 nitrogen and oxygen atoms in total. The molecule has 5 rings (SSSR count). The number of anilines is 1. The number of hydrogen-bond acceptors (Lipinski definition) is 10. The lowest BCUT2D eigenvalue weighted by atomic mass is 10.0. The maximum atomic E-state index is 14.1. The summed E-state index contributed by atoms with van der Waals surface area (Å²) in [5.41, 5.74) is 1.45. The van der Waals surface area contributed by atoms with E-state index < -0.39 is 35.8 Å². The minimum Gasteiger partial charge on any atom is -0.372 e. The second-order valence-electron chi connectivity index (χ2n) is 13.5. The van der Waals surface area contributed by atoms with Crippen molar-refractivity contribution in [2.75, 3.05) is 25.5 Å². The molecular formula is C36H46N10O4S. The van der Waals surface area contributed by atoms with Crippen molar-refractivity contribution in [1.29, 1.82) is 0 Å². The normalized spacial score (nSPS) is 19.1. The number of nitrogens with one attached hydrogen (secondary N) is 4. The van der Waals surface area contributed by atoms with Gasteiger partial charge in [0, 0.05) is 31.2 Å². The zero-order valence-corrected chi connectivity index (χ0v) is 30.7. The molecule has 0 saturated carbocycles. The summed E-state index contributed by atoms with van der Waals surface area (Å²) in [4.78, 5) is 70.5. The van der Waals surface area contributed by atoms with Crippen LogP contribution in [-0.4, -0.2) is 79.4 Å². The molecular weight excluding hydrogens is 669 g/mol. The van der Waals surface area contributed by atoms with Crippen molar-refractivity contribution in [3.05, 3.63) is 87.5 Å². The number of fused-ring (bicyclic) bond motifs is 3. The first kappa shape index (κ1) is 37.1. The van der Waals surface area contributed by atoms with E-state index in [0.29, 0.717) is 40.9 Å². The number of amides is 4. The molecule has 0 fully saturated rings. The van der Waals surface area contributed by atoms with Crippen LogP contribution in [0.3, 0.4) is 0 Å². The number of aromatic nitrogens is 5. The maximum absolute atomic E-state index is 14.1. The Morgan fingerprint density at radius 3 is 2.41 bits per heavy atom. The van der Waals surface area contributed by atoms with E-state index in [2.05, 4.69) is 41.3 Å². The minimum atomic E-state index is -0.640. The second kappa shape index (κ2) is 16.7. The van der Waals surface area contributed by atoms with E-state index in [1.165, 1.54) is 20.9 Å². The van der Waals surface area contributed by atoms with Crippen LogP contribution >= 0.6 is 11.3 Å². The number of carbonyl (C=O) groups is 4. The summed E-state index contributed by atoms with van der Waals surface area (Å²) in [6.07, 6.45) is 2.53. The lowest BCUT2D eigenvalue weighted by Crippen LogP contribution is -2.51. The van der Waals surface area contributed by atoms with Gasteiger partial charge < -0.3 is 26.2 Å². The molecule has 15 heteroatoms. The van der Waals surface area contributed by atoms with Gasteiger partial charge in [-0.2, -0.15) is 5.10 Å². The van der Waals surface area contributed by atoms with Gasteiger partial charge in [0.1, 0.15) is 28.9 Å². The first-order valence-electron chi connectivity index (χ1n) is 17.1. The fraction of sp³-hybridized carbons (Fsp3) is 0.444. The number of benzene rings is 1. The topological polar surface area (TPSA) is 176 Å². The summed E-state index contributed by atoms with van der Waals surface area (Å²) in [6.45, 7) is 9.29. The number of hydrogen-bond donors (Lipinski definition) is 4. The number of thiazole rings is 1. The molecule has 4 amide bonds. The zero-order chi connectivity index (χ0) is 36.7. The molecule has 1 aliphatic heterocycles. The van der Waals surface area contributed by atoms with Crippen molar-refractivity contribution < 1.29 is 19.2 Å². The first-order valence-corrected chi connectivity index (χ1v) is 18.0. The highest BCUT2D eigenvalue weighted by Crippen LogP contribution is 2.26. The lowest BCUT2D eigenvalue weighted by molar-refractivity contribution is -0.123. The van der Waals surface area contributed by atoms with Crippen LogP contribution in [0.25, 0.3) is 0 Å². The average molecular weight is 715 g/mol. The molecule has 0 aliphatic carbocycles. The highest BCUT2D eigenvalue weighted by molar-refractivity contribution is 7.09. The third-order valence-corrected chi connectivity index (χ3v) is 9.52. The van der Waals surface area contributed by atoms with E-state index in [4.69, 9.17) is 0 Å². The van der Waals surface area contributed by atoms with Gasteiger partial charge in [-0.3, -0.25) is 19.2 Å². The maximum Gasteiger partial charge on any atom is 0.271 e. The van der Waals surface area contributed by atoms with Gasteiger partial charge in [0.15, 0.2) is 5.82 Å². The van der Waals surface area contributed by atoms with Crippen LogP contribution in [-0.2, 0) is 22.6 Å². The van der Waals surface area contributed by atoms with Crippen LogP contribution in [0.5, 0.6) is 0 Å². The van der Waals surface area contributed by atoms with Gasteiger partial charge in [-0.1, -0.05) is 58.0 Å². The van der Waals surface area contributed by atoms with Gasteiger partial charge in [-0.15, -0.1) is 11.3 Å². The van der Waals surface area contributed by atoms with Gasteiger partial charge in [0.05, 0.1) is 24.2 Å². The third kappa shape index (κ3) is 9.54. The summed E-state index contributed by atoms with van der Waals surface area (Å²) in [5.74, 6) is -0.268. The minimum absolute atomic E-state index is 0.0554. The summed E-state index contributed by atoms with van der Waals surface area (Å²) in [6, 6.07) is 11.3. The van der Waals surface area contributed by atoms with Crippen LogP contribution < -0.4 is 21.3 Å². The van der Waals surface area contributed by atoms with Gasteiger partial charge in [-0.05, 0) is 49.3 Å². The van der Waals surface area contributed by atoms with Gasteiger partial charge in [0.2, 0.25) is 11.8 Å². The molecule has 3 aromatic heterocycles. The van der Waals surface area contributed by atoms with Crippen molar-refractivity contribution in [3.63, 3.8) is 0 Å². The van der Waals surface area contributed by atoms with Crippen LogP contribution in [0.4, 0.5) is 5.82 Å². The monoisotopic (exact) mass is 714 g/mol. The standard InChI is InChI=1S/C36H46N10O4S/c1-21(2)15-27-35-43-29(20-51-35)34(49)42-26(16-24-11-8-7-9-12-24)33-39-23(5)44-46(33)19-31(48)41-28(22(3)4)17-45(18-30(47)40-27)36(50)25-13-10-14-38-32(25)37-6/h7-14,20-22,26-28H,15-19H2,1-6H3,(H,37,38)(H,40,47)(H,41,48)(H,42,49)/t26-,27-,28+/m0/s1. The smallest absolute Gasteiger partial charge is 0.271 e. The molecule has 51 heavy (non-hydrogen) atoms. The number of rotatable bonds is 7. The van der Waals surface area contributed by atoms with Crippen molar-refractivity contribution in [1.82, 2.24) is 45.6 Å². The summed E-state index contributed by atoms with van der Waals surface area (Å²) >= 11 is 1.29. The van der Waals surface area contributed by atoms with E-state index in [9.17, 15) is 19.2 Å². The Hall–Kier alpha value is -5.18. The lowest BCUT2D eigenvalue weighted by Gasteiger charge is -2.31. The van der Waals surface area contributed by atoms with E-state index in [1.54, 1.807) is 37.7 Å². The third-order valence-electron chi connectivity index (χ3n) is 8.56. The summed E-state index contributed by atoms with van der Waals surface area (Å²) in [7, 11) is 1.67. The predicted octanol–water partition coefficient (Wildman–Crippen LogP) is 3.69. The fourth-order valence-electron chi connectivity index (χ4n) is 6.01. The fourth-order valence-corrected chi connectivity index (χ4v) is 6.87. The van der Waals surface area contributed by atoms with Gasteiger partial charge in [-0.25, -0.2) is 19.6 Å². The zero-order valence-electron chi connectivity index (χ0n) is 29.8. The molecule has 1 aliphatic rings. The molecule has 3 atom stereocenters. The highest BCUT2D eigenvalue weighted by atomic mass is 32.1. The Bertz CT molecular complexity index is 1840. The molecule has 0 saturated heterocycles. The van der Waals surface area contributed by atoms with Crippen molar-refractivity contribution >= 4 is 40.8 Å². The predicted molar refractivity (Wildman–Crippen MR) is 194 cm³/mol. The number of carbonyl (C=O) groups excluding carboxylic acids is 4. The Kier molecular flexibility index (Phi) is 12.1. The second-order valence-corrected chi connectivity index (χ2v) is 14.4. The van der Waals surface area contributed by atoms with E-state index in [0.717, 1.165) is 5.56 Å². The van der Waals surface area contributed by atoms with E-state index in [-0.39, 0.29) is 43.1 Å². The van der Waals surface area contributed by atoms with Gasteiger partial charge in [0.25, 0.3) is 11.8 Å². The first-order chi connectivity index (χ1) is 24.4.